The molecule has 0 unspecified atom stereocenters. The first-order valence-corrected chi connectivity index (χ1v) is 8.57. The van der Waals surface area contributed by atoms with E-state index in [0.29, 0.717) is 22.1 Å². The SMILES string of the molecule is COc1ccc(C=C(C(=O)c2ccc(Cl)cc2Cl)n2cncn2)cc1OC. The number of hydrogen-bond donors (Lipinski definition) is 0. The maximum absolute atomic E-state index is 13.1. The maximum Gasteiger partial charge on any atom is 0.212 e. The lowest BCUT2D eigenvalue weighted by Crippen LogP contribution is -2.10. The number of benzene rings is 2. The van der Waals surface area contributed by atoms with Crippen LogP contribution in [0, 0.1) is 0 Å². The van der Waals surface area contributed by atoms with Crippen molar-refractivity contribution in [3.8, 4) is 11.5 Å². The summed E-state index contributed by atoms with van der Waals surface area (Å²) < 4.78 is 11.9. The molecule has 6 nitrogen and oxygen atoms in total. The van der Waals surface area contributed by atoms with Gasteiger partial charge in [0.15, 0.2) is 11.5 Å². The number of nitrogens with zero attached hydrogens (tertiary/aromatic N) is 3. The zero-order chi connectivity index (χ0) is 19.4. The van der Waals surface area contributed by atoms with Gasteiger partial charge in [0.2, 0.25) is 5.78 Å². The molecule has 1 aromatic heterocycles. The van der Waals surface area contributed by atoms with E-state index in [4.69, 9.17) is 32.7 Å². The summed E-state index contributed by atoms with van der Waals surface area (Å²) in [6.45, 7) is 0. The minimum atomic E-state index is -0.322. The third-order valence-electron chi connectivity index (χ3n) is 3.78. The first kappa shape index (κ1) is 18.9. The van der Waals surface area contributed by atoms with Crippen molar-refractivity contribution in [3.05, 3.63) is 70.2 Å². The lowest BCUT2D eigenvalue weighted by atomic mass is 10.1. The van der Waals surface area contributed by atoms with Crippen LogP contribution in [-0.4, -0.2) is 34.8 Å². The summed E-state index contributed by atoms with van der Waals surface area (Å²) in [5, 5.41) is 4.78. The molecule has 0 aliphatic heterocycles. The second-order valence-electron chi connectivity index (χ2n) is 5.44. The molecule has 0 saturated carbocycles. The zero-order valence-electron chi connectivity index (χ0n) is 14.5. The van der Waals surface area contributed by atoms with Gasteiger partial charge in [-0.05, 0) is 42.0 Å². The normalized spacial score (nSPS) is 11.3. The highest BCUT2D eigenvalue weighted by Crippen LogP contribution is 2.30. The average molecular weight is 404 g/mol. The van der Waals surface area contributed by atoms with E-state index in [9.17, 15) is 4.79 Å². The van der Waals surface area contributed by atoms with E-state index in [1.54, 1.807) is 50.6 Å². The number of Topliss-reactive ketones (excluding diaryl/α,β-unsaturated/α-hetero) is 1. The summed E-state index contributed by atoms with van der Waals surface area (Å²) in [6, 6.07) is 10.0. The third kappa shape index (κ3) is 4.13. The Bertz CT molecular complexity index is 1000. The molecule has 0 radical (unpaired) electrons. The molecule has 2 aromatic carbocycles. The Morgan fingerprint density at radius 3 is 2.48 bits per heavy atom. The van der Waals surface area contributed by atoms with Crippen LogP contribution in [0.2, 0.25) is 10.0 Å². The number of rotatable bonds is 6. The van der Waals surface area contributed by atoms with Gasteiger partial charge in [0.1, 0.15) is 18.4 Å². The molecule has 0 spiro atoms. The van der Waals surface area contributed by atoms with E-state index in [2.05, 4.69) is 10.1 Å². The van der Waals surface area contributed by atoms with Gasteiger partial charge in [-0.2, -0.15) is 5.10 Å². The van der Waals surface area contributed by atoms with Crippen LogP contribution in [0.1, 0.15) is 15.9 Å². The summed E-state index contributed by atoms with van der Waals surface area (Å²) in [7, 11) is 3.10. The van der Waals surface area contributed by atoms with Crippen molar-refractivity contribution in [2.45, 2.75) is 0 Å². The van der Waals surface area contributed by atoms with Crippen LogP contribution in [0.3, 0.4) is 0 Å². The van der Waals surface area contributed by atoms with Gasteiger partial charge in [-0.15, -0.1) is 0 Å². The van der Waals surface area contributed by atoms with E-state index in [1.807, 2.05) is 0 Å². The average Bonchev–Trinajstić information content (AvgIpc) is 3.19. The number of aromatic nitrogens is 3. The molecular formula is C19H15Cl2N3O3. The number of carbonyl (C=O) groups excluding carboxylic acids is 1. The molecule has 0 atom stereocenters. The van der Waals surface area contributed by atoms with Crippen LogP contribution in [0.5, 0.6) is 11.5 Å². The van der Waals surface area contributed by atoms with Gasteiger partial charge in [0.05, 0.1) is 19.2 Å². The predicted octanol–water partition coefficient (Wildman–Crippen LogP) is 4.48. The lowest BCUT2D eigenvalue weighted by molar-refractivity contribution is 0.105. The number of allylic oxidation sites excluding steroid dienone is 1. The quantitative estimate of drug-likeness (QED) is 0.448. The Morgan fingerprint density at radius 2 is 1.85 bits per heavy atom. The fourth-order valence-electron chi connectivity index (χ4n) is 2.48. The third-order valence-corrected chi connectivity index (χ3v) is 4.33. The molecule has 0 bridgehead atoms. The van der Waals surface area contributed by atoms with Crippen LogP contribution in [0.25, 0.3) is 11.8 Å². The molecule has 0 saturated heterocycles. The van der Waals surface area contributed by atoms with Crippen LogP contribution < -0.4 is 9.47 Å². The molecule has 8 heteroatoms. The van der Waals surface area contributed by atoms with E-state index in [0.717, 1.165) is 5.56 Å². The van der Waals surface area contributed by atoms with Crippen LogP contribution in [0.4, 0.5) is 0 Å². The molecule has 0 amide bonds. The lowest BCUT2D eigenvalue weighted by Gasteiger charge is -2.10. The van der Waals surface area contributed by atoms with E-state index >= 15 is 0 Å². The van der Waals surface area contributed by atoms with Gasteiger partial charge in [0, 0.05) is 10.6 Å². The van der Waals surface area contributed by atoms with Gasteiger partial charge >= 0.3 is 0 Å². The number of carbonyl (C=O) groups is 1. The molecule has 0 aliphatic rings. The Balaban J connectivity index is 2.10. The number of hydrogen-bond acceptors (Lipinski definition) is 5. The first-order valence-electron chi connectivity index (χ1n) is 7.82. The van der Waals surface area contributed by atoms with E-state index < -0.39 is 0 Å². The molecule has 1 heterocycles. The van der Waals surface area contributed by atoms with Crippen molar-refractivity contribution in [2.24, 2.45) is 0 Å². The highest BCUT2D eigenvalue weighted by Gasteiger charge is 2.19. The monoisotopic (exact) mass is 403 g/mol. The Morgan fingerprint density at radius 1 is 1.07 bits per heavy atom. The second-order valence-corrected chi connectivity index (χ2v) is 6.28. The minimum absolute atomic E-state index is 0.255. The standard InChI is InChI=1S/C19H15Cl2N3O3/c1-26-17-6-3-12(8-18(17)27-2)7-16(24-11-22-10-23-24)19(25)14-5-4-13(20)9-15(14)21/h3-11H,1-2H3. The van der Waals surface area contributed by atoms with Crippen molar-refractivity contribution in [1.29, 1.82) is 0 Å². The molecule has 0 N–H and O–H groups in total. The first-order chi connectivity index (χ1) is 13.0. The highest BCUT2D eigenvalue weighted by atomic mass is 35.5. The Labute approximate surface area is 166 Å². The number of halogens is 2. The molecule has 27 heavy (non-hydrogen) atoms. The van der Waals surface area contributed by atoms with Gasteiger partial charge in [0.25, 0.3) is 0 Å². The van der Waals surface area contributed by atoms with Crippen LogP contribution in [-0.2, 0) is 0 Å². The van der Waals surface area contributed by atoms with Crippen molar-refractivity contribution in [2.75, 3.05) is 14.2 Å². The molecule has 0 aliphatic carbocycles. The summed E-state index contributed by atoms with van der Waals surface area (Å²) in [5.74, 6) is 0.808. The van der Waals surface area contributed by atoms with Crippen molar-refractivity contribution >= 4 is 40.8 Å². The largest absolute Gasteiger partial charge is 0.493 e. The van der Waals surface area contributed by atoms with E-state index in [-0.39, 0.29) is 16.5 Å². The second kappa shape index (κ2) is 8.24. The van der Waals surface area contributed by atoms with Crippen LogP contribution in [0.15, 0.2) is 49.1 Å². The number of methoxy groups -OCH3 is 2. The van der Waals surface area contributed by atoms with Crippen molar-refractivity contribution < 1.29 is 14.3 Å². The van der Waals surface area contributed by atoms with E-state index in [1.165, 1.54) is 23.4 Å². The smallest absolute Gasteiger partial charge is 0.212 e. The fraction of sp³-hybridized carbons (Fsp3) is 0.105. The van der Waals surface area contributed by atoms with Crippen LogP contribution >= 0.6 is 23.2 Å². The maximum atomic E-state index is 13.1. The molecule has 3 rings (SSSR count). The molecule has 138 valence electrons. The topological polar surface area (TPSA) is 66.2 Å². The highest BCUT2D eigenvalue weighted by molar-refractivity contribution is 6.40. The molecule has 0 fully saturated rings. The Hall–Kier alpha value is -2.83. The fourth-order valence-corrected chi connectivity index (χ4v) is 2.97. The van der Waals surface area contributed by atoms with Gasteiger partial charge in [-0.3, -0.25) is 4.79 Å². The summed E-state index contributed by atoms with van der Waals surface area (Å²) in [5.41, 5.74) is 1.30. The van der Waals surface area contributed by atoms with Gasteiger partial charge in [-0.25, -0.2) is 9.67 Å². The minimum Gasteiger partial charge on any atom is -0.493 e. The molecular weight excluding hydrogens is 389 g/mol. The summed E-state index contributed by atoms with van der Waals surface area (Å²) in [4.78, 5) is 17.0. The zero-order valence-corrected chi connectivity index (χ0v) is 16.0. The van der Waals surface area contributed by atoms with Gasteiger partial charge in [-0.1, -0.05) is 29.3 Å². The van der Waals surface area contributed by atoms with Crippen molar-refractivity contribution in [3.63, 3.8) is 0 Å². The Kier molecular flexibility index (Phi) is 5.78. The molecule has 3 aromatic rings. The predicted molar refractivity (Wildman–Crippen MR) is 105 cm³/mol. The van der Waals surface area contributed by atoms with Crippen molar-refractivity contribution in [1.82, 2.24) is 14.8 Å². The van der Waals surface area contributed by atoms with Gasteiger partial charge < -0.3 is 9.47 Å². The number of ketones is 1. The summed E-state index contributed by atoms with van der Waals surface area (Å²) in [6.07, 6.45) is 4.46. The number of ether oxygens (including phenoxy) is 2. The summed E-state index contributed by atoms with van der Waals surface area (Å²) >= 11 is 12.1.